The van der Waals surface area contributed by atoms with Crippen molar-refractivity contribution in [2.24, 2.45) is 5.73 Å². The Bertz CT molecular complexity index is 243. The van der Waals surface area contributed by atoms with Crippen LogP contribution in [0.15, 0.2) is 4.42 Å². The van der Waals surface area contributed by atoms with E-state index in [-0.39, 0.29) is 0 Å². The van der Waals surface area contributed by atoms with E-state index in [0.717, 1.165) is 36.6 Å². The SMILES string of the molecule is CCc1nc(CCCN)oc1C. The smallest absolute Gasteiger partial charge is 0.194 e. The summed E-state index contributed by atoms with van der Waals surface area (Å²) in [5.41, 5.74) is 6.46. The molecule has 0 atom stereocenters. The lowest BCUT2D eigenvalue weighted by Crippen LogP contribution is -2.00. The van der Waals surface area contributed by atoms with Crippen molar-refractivity contribution < 1.29 is 4.42 Å². The number of hydrogen-bond acceptors (Lipinski definition) is 3. The highest BCUT2D eigenvalue weighted by Gasteiger charge is 2.06. The molecule has 1 aromatic rings. The van der Waals surface area contributed by atoms with Crippen LogP contribution in [0.4, 0.5) is 0 Å². The topological polar surface area (TPSA) is 52.0 Å². The summed E-state index contributed by atoms with van der Waals surface area (Å²) in [4.78, 5) is 4.34. The number of rotatable bonds is 4. The van der Waals surface area contributed by atoms with Crippen molar-refractivity contribution in [2.45, 2.75) is 33.1 Å². The van der Waals surface area contributed by atoms with Crippen LogP contribution in [0.25, 0.3) is 0 Å². The molecule has 0 fully saturated rings. The predicted octanol–water partition coefficient (Wildman–Crippen LogP) is 1.44. The highest BCUT2D eigenvalue weighted by molar-refractivity contribution is 5.07. The lowest BCUT2D eigenvalue weighted by atomic mass is 10.3. The Hall–Kier alpha value is -0.830. The van der Waals surface area contributed by atoms with Gasteiger partial charge in [0.15, 0.2) is 5.89 Å². The number of oxazole rings is 1. The fraction of sp³-hybridized carbons (Fsp3) is 0.667. The summed E-state index contributed by atoms with van der Waals surface area (Å²) in [6.07, 6.45) is 2.75. The van der Waals surface area contributed by atoms with Gasteiger partial charge < -0.3 is 10.2 Å². The van der Waals surface area contributed by atoms with Crippen LogP contribution in [-0.4, -0.2) is 11.5 Å². The molecule has 1 aromatic heterocycles. The summed E-state index contributed by atoms with van der Waals surface area (Å²) in [5.74, 6) is 1.78. The van der Waals surface area contributed by atoms with Crippen LogP contribution < -0.4 is 5.73 Å². The third-order valence-corrected chi connectivity index (χ3v) is 1.87. The van der Waals surface area contributed by atoms with Crippen molar-refractivity contribution in [1.29, 1.82) is 0 Å². The average molecular weight is 168 g/mol. The molecule has 68 valence electrons. The van der Waals surface area contributed by atoms with Crippen molar-refractivity contribution in [3.05, 3.63) is 17.3 Å². The van der Waals surface area contributed by atoms with Crippen LogP contribution in [0, 0.1) is 6.92 Å². The van der Waals surface area contributed by atoms with E-state index in [2.05, 4.69) is 11.9 Å². The molecule has 0 bridgehead atoms. The number of nitrogens with two attached hydrogens (primary N) is 1. The molecule has 0 aromatic carbocycles. The van der Waals surface area contributed by atoms with Crippen molar-refractivity contribution >= 4 is 0 Å². The van der Waals surface area contributed by atoms with Crippen molar-refractivity contribution in [3.63, 3.8) is 0 Å². The minimum atomic E-state index is 0.697. The summed E-state index contributed by atoms with van der Waals surface area (Å²) in [5, 5.41) is 0. The molecule has 3 heteroatoms. The monoisotopic (exact) mass is 168 g/mol. The van der Waals surface area contributed by atoms with Gasteiger partial charge in [-0.1, -0.05) is 6.92 Å². The Morgan fingerprint density at radius 3 is 2.75 bits per heavy atom. The lowest BCUT2D eigenvalue weighted by molar-refractivity contribution is 0.465. The molecule has 0 aliphatic carbocycles. The van der Waals surface area contributed by atoms with Crippen molar-refractivity contribution in [2.75, 3.05) is 6.54 Å². The normalized spacial score (nSPS) is 10.6. The second-order valence-corrected chi connectivity index (χ2v) is 2.86. The van der Waals surface area contributed by atoms with E-state index in [0.29, 0.717) is 6.54 Å². The van der Waals surface area contributed by atoms with E-state index >= 15 is 0 Å². The minimum absolute atomic E-state index is 0.697. The van der Waals surface area contributed by atoms with Crippen LogP contribution in [0.1, 0.15) is 30.7 Å². The van der Waals surface area contributed by atoms with E-state index in [4.69, 9.17) is 10.2 Å². The summed E-state index contributed by atoms with van der Waals surface area (Å²) >= 11 is 0. The Morgan fingerprint density at radius 1 is 1.50 bits per heavy atom. The quantitative estimate of drug-likeness (QED) is 0.740. The van der Waals surface area contributed by atoms with Gasteiger partial charge in [0.05, 0.1) is 5.69 Å². The fourth-order valence-corrected chi connectivity index (χ4v) is 1.18. The summed E-state index contributed by atoms with van der Waals surface area (Å²) in [6.45, 7) is 4.73. The van der Waals surface area contributed by atoms with E-state index in [1.807, 2.05) is 6.92 Å². The molecule has 0 aliphatic heterocycles. The third kappa shape index (κ3) is 2.08. The second-order valence-electron chi connectivity index (χ2n) is 2.86. The van der Waals surface area contributed by atoms with E-state index in [9.17, 15) is 0 Å². The van der Waals surface area contributed by atoms with Gasteiger partial charge in [-0.2, -0.15) is 0 Å². The first-order chi connectivity index (χ1) is 5.77. The van der Waals surface area contributed by atoms with Gasteiger partial charge in [0, 0.05) is 6.42 Å². The summed E-state index contributed by atoms with van der Waals surface area (Å²) in [7, 11) is 0. The van der Waals surface area contributed by atoms with Crippen LogP contribution in [0.3, 0.4) is 0 Å². The zero-order chi connectivity index (χ0) is 8.97. The van der Waals surface area contributed by atoms with Crippen LogP contribution in [-0.2, 0) is 12.8 Å². The number of nitrogens with zero attached hydrogens (tertiary/aromatic N) is 1. The highest BCUT2D eigenvalue weighted by Crippen LogP contribution is 2.11. The fourth-order valence-electron chi connectivity index (χ4n) is 1.18. The largest absolute Gasteiger partial charge is 0.446 e. The average Bonchev–Trinajstić information content (AvgIpc) is 2.43. The second kappa shape index (κ2) is 4.26. The molecular formula is C9H16N2O. The van der Waals surface area contributed by atoms with Gasteiger partial charge in [0.1, 0.15) is 5.76 Å². The van der Waals surface area contributed by atoms with Crippen LogP contribution in [0.2, 0.25) is 0 Å². The molecule has 0 radical (unpaired) electrons. The number of aromatic nitrogens is 1. The molecule has 1 heterocycles. The number of aryl methyl sites for hydroxylation is 3. The zero-order valence-electron chi connectivity index (χ0n) is 7.76. The Labute approximate surface area is 73.0 Å². The van der Waals surface area contributed by atoms with E-state index in [1.165, 1.54) is 0 Å². The Morgan fingerprint density at radius 2 is 2.25 bits per heavy atom. The number of hydrogen-bond donors (Lipinski definition) is 1. The van der Waals surface area contributed by atoms with Crippen LogP contribution >= 0.6 is 0 Å². The van der Waals surface area contributed by atoms with Gasteiger partial charge in [-0.05, 0) is 26.3 Å². The van der Waals surface area contributed by atoms with Crippen LogP contribution in [0.5, 0.6) is 0 Å². The molecule has 3 nitrogen and oxygen atoms in total. The van der Waals surface area contributed by atoms with Gasteiger partial charge in [0.25, 0.3) is 0 Å². The first-order valence-corrected chi connectivity index (χ1v) is 4.43. The summed E-state index contributed by atoms with van der Waals surface area (Å²) < 4.78 is 5.44. The molecule has 1 rings (SSSR count). The Kier molecular flexibility index (Phi) is 3.29. The highest BCUT2D eigenvalue weighted by atomic mass is 16.4. The maximum Gasteiger partial charge on any atom is 0.194 e. The molecule has 0 amide bonds. The van der Waals surface area contributed by atoms with Gasteiger partial charge in [-0.15, -0.1) is 0 Å². The van der Waals surface area contributed by atoms with Gasteiger partial charge in [0.2, 0.25) is 0 Å². The van der Waals surface area contributed by atoms with Gasteiger partial charge in [-0.25, -0.2) is 4.98 Å². The standard InChI is InChI=1S/C9H16N2O/c1-3-8-7(2)12-9(11-8)5-4-6-10/h3-6,10H2,1-2H3. The molecule has 0 saturated heterocycles. The van der Waals surface area contributed by atoms with Gasteiger partial charge >= 0.3 is 0 Å². The third-order valence-electron chi connectivity index (χ3n) is 1.87. The predicted molar refractivity (Wildman–Crippen MR) is 48.0 cm³/mol. The molecule has 2 N–H and O–H groups in total. The lowest BCUT2D eigenvalue weighted by Gasteiger charge is -1.89. The first kappa shape index (κ1) is 9.26. The molecule has 0 aliphatic rings. The maximum absolute atomic E-state index is 5.44. The van der Waals surface area contributed by atoms with Gasteiger partial charge in [-0.3, -0.25) is 0 Å². The molecule has 0 saturated carbocycles. The Balaban J connectivity index is 2.62. The molecular weight excluding hydrogens is 152 g/mol. The first-order valence-electron chi connectivity index (χ1n) is 4.43. The minimum Gasteiger partial charge on any atom is -0.446 e. The molecule has 0 unspecified atom stereocenters. The zero-order valence-corrected chi connectivity index (χ0v) is 7.76. The van der Waals surface area contributed by atoms with Crippen molar-refractivity contribution in [1.82, 2.24) is 4.98 Å². The van der Waals surface area contributed by atoms with Crippen molar-refractivity contribution in [3.8, 4) is 0 Å². The van der Waals surface area contributed by atoms with E-state index < -0.39 is 0 Å². The molecule has 12 heavy (non-hydrogen) atoms. The summed E-state index contributed by atoms with van der Waals surface area (Å²) in [6, 6.07) is 0. The van der Waals surface area contributed by atoms with E-state index in [1.54, 1.807) is 0 Å². The maximum atomic E-state index is 5.44. The molecule has 0 spiro atoms.